The molecule has 0 unspecified atom stereocenters. The SMILES string of the molecule is C[C@@H]1CN(C(=O)CCCc2ccc3c(c2)CC(=O)N3)C[C@H]1C(=O)O. The van der Waals surface area contributed by atoms with Gasteiger partial charge in [0.2, 0.25) is 11.8 Å². The third kappa shape index (κ3) is 3.42. The number of carboxylic acid groups (broad SMARTS) is 1. The maximum absolute atomic E-state index is 12.3. The number of aryl methyl sites for hydroxylation is 1. The van der Waals surface area contributed by atoms with Gasteiger partial charge in [0.15, 0.2) is 0 Å². The van der Waals surface area contributed by atoms with Gasteiger partial charge in [-0.05, 0) is 36.0 Å². The number of nitrogens with one attached hydrogen (secondary N) is 1. The molecule has 0 aromatic heterocycles. The van der Waals surface area contributed by atoms with E-state index in [-0.39, 0.29) is 17.7 Å². The molecule has 1 saturated heterocycles. The standard InChI is InChI=1S/C18H22N2O4/c1-11-9-20(10-14(11)18(23)24)17(22)4-2-3-12-5-6-15-13(7-12)8-16(21)19-15/h5-7,11,14H,2-4,8-10H2,1H3,(H,19,21)(H,23,24)/t11-,14-/m1/s1. The van der Waals surface area contributed by atoms with Crippen LogP contribution in [0, 0.1) is 11.8 Å². The summed E-state index contributed by atoms with van der Waals surface area (Å²) < 4.78 is 0. The van der Waals surface area contributed by atoms with E-state index < -0.39 is 11.9 Å². The third-order valence-corrected chi connectivity index (χ3v) is 4.93. The maximum Gasteiger partial charge on any atom is 0.308 e. The number of carboxylic acids is 1. The normalized spacial score (nSPS) is 22.4. The molecule has 128 valence electrons. The van der Waals surface area contributed by atoms with E-state index in [1.807, 2.05) is 25.1 Å². The molecule has 0 aliphatic carbocycles. The minimum atomic E-state index is -0.820. The summed E-state index contributed by atoms with van der Waals surface area (Å²) >= 11 is 0. The van der Waals surface area contributed by atoms with Crippen molar-refractivity contribution in [2.45, 2.75) is 32.6 Å². The summed E-state index contributed by atoms with van der Waals surface area (Å²) in [6.07, 6.45) is 2.35. The Hall–Kier alpha value is -2.37. The van der Waals surface area contributed by atoms with Crippen molar-refractivity contribution in [1.29, 1.82) is 0 Å². The number of rotatable bonds is 5. The fourth-order valence-corrected chi connectivity index (χ4v) is 3.53. The fourth-order valence-electron chi connectivity index (χ4n) is 3.53. The number of carbonyl (C=O) groups excluding carboxylic acids is 2. The van der Waals surface area contributed by atoms with E-state index in [1.165, 1.54) is 0 Å². The molecule has 24 heavy (non-hydrogen) atoms. The second kappa shape index (κ2) is 6.63. The lowest BCUT2D eigenvalue weighted by Crippen LogP contribution is -2.29. The molecule has 0 bridgehead atoms. The van der Waals surface area contributed by atoms with Gasteiger partial charge in [-0.3, -0.25) is 14.4 Å². The topological polar surface area (TPSA) is 86.7 Å². The summed E-state index contributed by atoms with van der Waals surface area (Å²) in [6.45, 7) is 2.73. The van der Waals surface area contributed by atoms with Gasteiger partial charge in [0.25, 0.3) is 0 Å². The van der Waals surface area contributed by atoms with Gasteiger partial charge in [-0.25, -0.2) is 0 Å². The second-order valence-corrected chi connectivity index (χ2v) is 6.79. The first-order valence-corrected chi connectivity index (χ1v) is 8.36. The maximum atomic E-state index is 12.3. The third-order valence-electron chi connectivity index (χ3n) is 4.93. The molecule has 2 aliphatic rings. The molecule has 6 heteroatoms. The lowest BCUT2D eigenvalue weighted by atomic mass is 9.99. The van der Waals surface area contributed by atoms with Crippen molar-refractivity contribution in [3.8, 4) is 0 Å². The van der Waals surface area contributed by atoms with Gasteiger partial charge in [-0.15, -0.1) is 0 Å². The van der Waals surface area contributed by atoms with Gasteiger partial charge in [0.05, 0.1) is 12.3 Å². The van der Waals surface area contributed by atoms with Crippen molar-refractivity contribution in [3.05, 3.63) is 29.3 Å². The molecular formula is C18H22N2O4. The summed E-state index contributed by atoms with van der Waals surface area (Å²) in [5.41, 5.74) is 3.02. The highest BCUT2D eigenvalue weighted by molar-refractivity contribution is 5.99. The number of amides is 2. The molecule has 3 rings (SSSR count). The Morgan fingerprint density at radius 1 is 1.33 bits per heavy atom. The van der Waals surface area contributed by atoms with E-state index in [2.05, 4.69) is 5.32 Å². The van der Waals surface area contributed by atoms with Crippen LogP contribution >= 0.6 is 0 Å². The van der Waals surface area contributed by atoms with E-state index in [1.54, 1.807) is 4.90 Å². The summed E-state index contributed by atoms with van der Waals surface area (Å²) in [5.74, 6) is -1.21. The molecule has 2 N–H and O–H groups in total. The number of benzene rings is 1. The van der Waals surface area contributed by atoms with Crippen LogP contribution in [-0.4, -0.2) is 40.9 Å². The van der Waals surface area contributed by atoms with E-state index >= 15 is 0 Å². The van der Waals surface area contributed by atoms with Crippen LogP contribution in [0.5, 0.6) is 0 Å². The Balaban J connectivity index is 1.49. The van der Waals surface area contributed by atoms with Crippen LogP contribution in [0.15, 0.2) is 18.2 Å². The van der Waals surface area contributed by atoms with E-state index in [4.69, 9.17) is 5.11 Å². The Labute approximate surface area is 140 Å². The molecule has 2 heterocycles. The Morgan fingerprint density at radius 3 is 2.83 bits per heavy atom. The number of nitrogens with zero attached hydrogens (tertiary/aromatic N) is 1. The molecule has 2 atom stereocenters. The highest BCUT2D eigenvalue weighted by Crippen LogP contribution is 2.26. The van der Waals surface area contributed by atoms with Gasteiger partial charge in [0, 0.05) is 25.2 Å². The number of fused-ring (bicyclic) bond motifs is 1. The van der Waals surface area contributed by atoms with Crippen molar-refractivity contribution in [3.63, 3.8) is 0 Å². The average molecular weight is 330 g/mol. The van der Waals surface area contributed by atoms with E-state index in [0.717, 1.165) is 29.7 Å². The largest absolute Gasteiger partial charge is 0.481 e. The zero-order chi connectivity index (χ0) is 17.3. The number of hydrogen-bond donors (Lipinski definition) is 2. The molecule has 1 fully saturated rings. The molecular weight excluding hydrogens is 308 g/mol. The number of hydrogen-bond acceptors (Lipinski definition) is 3. The predicted molar refractivity (Wildman–Crippen MR) is 88.6 cm³/mol. The smallest absolute Gasteiger partial charge is 0.308 e. The van der Waals surface area contributed by atoms with Crippen LogP contribution in [0.3, 0.4) is 0 Å². The molecule has 1 aromatic carbocycles. The highest BCUT2D eigenvalue weighted by Gasteiger charge is 2.36. The minimum absolute atomic E-state index is 0.00759. The summed E-state index contributed by atoms with van der Waals surface area (Å²) in [6, 6.07) is 5.92. The first-order valence-electron chi connectivity index (χ1n) is 8.36. The van der Waals surface area contributed by atoms with E-state index in [0.29, 0.717) is 25.9 Å². The lowest BCUT2D eigenvalue weighted by molar-refractivity contribution is -0.142. The Kier molecular flexibility index (Phi) is 4.55. The van der Waals surface area contributed by atoms with Crippen LogP contribution in [0.1, 0.15) is 30.9 Å². The average Bonchev–Trinajstić information content (AvgIpc) is 3.08. The monoisotopic (exact) mass is 330 g/mol. The van der Waals surface area contributed by atoms with Crippen LogP contribution in [-0.2, 0) is 27.2 Å². The van der Waals surface area contributed by atoms with Crippen molar-refractivity contribution < 1.29 is 19.5 Å². The number of likely N-dealkylation sites (tertiary alicyclic amines) is 1. The number of carbonyl (C=O) groups is 3. The zero-order valence-corrected chi connectivity index (χ0v) is 13.7. The Bertz CT molecular complexity index is 686. The van der Waals surface area contributed by atoms with Gasteiger partial charge >= 0.3 is 5.97 Å². The fraction of sp³-hybridized carbons (Fsp3) is 0.500. The molecule has 6 nitrogen and oxygen atoms in total. The summed E-state index contributed by atoms with van der Waals surface area (Å²) in [7, 11) is 0. The molecule has 1 aromatic rings. The first kappa shape index (κ1) is 16.5. The minimum Gasteiger partial charge on any atom is -0.481 e. The van der Waals surface area contributed by atoms with Crippen LogP contribution in [0.25, 0.3) is 0 Å². The molecule has 2 amide bonds. The second-order valence-electron chi connectivity index (χ2n) is 6.79. The lowest BCUT2D eigenvalue weighted by Gasteiger charge is -2.15. The van der Waals surface area contributed by atoms with Crippen LogP contribution in [0.2, 0.25) is 0 Å². The molecule has 0 radical (unpaired) electrons. The van der Waals surface area contributed by atoms with Gasteiger partial charge in [-0.1, -0.05) is 19.1 Å². The molecule has 0 saturated carbocycles. The highest BCUT2D eigenvalue weighted by atomic mass is 16.4. The zero-order valence-electron chi connectivity index (χ0n) is 13.7. The number of anilines is 1. The predicted octanol–water partition coefficient (Wildman–Crippen LogP) is 1.68. The first-order chi connectivity index (χ1) is 11.4. The van der Waals surface area contributed by atoms with Gasteiger partial charge in [0.1, 0.15) is 0 Å². The summed E-state index contributed by atoms with van der Waals surface area (Å²) in [5, 5.41) is 11.9. The summed E-state index contributed by atoms with van der Waals surface area (Å²) in [4.78, 5) is 36.4. The molecule has 2 aliphatic heterocycles. The molecule has 0 spiro atoms. The van der Waals surface area contributed by atoms with Gasteiger partial charge < -0.3 is 15.3 Å². The quantitative estimate of drug-likeness (QED) is 0.860. The van der Waals surface area contributed by atoms with Crippen molar-refractivity contribution in [1.82, 2.24) is 4.90 Å². The van der Waals surface area contributed by atoms with Crippen molar-refractivity contribution in [2.75, 3.05) is 18.4 Å². The Morgan fingerprint density at radius 2 is 2.12 bits per heavy atom. The van der Waals surface area contributed by atoms with Crippen LogP contribution < -0.4 is 5.32 Å². The van der Waals surface area contributed by atoms with E-state index in [9.17, 15) is 14.4 Å². The van der Waals surface area contributed by atoms with Crippen molar-refractivity contribution in [2.24, 2.45) is 11.8 Å². The number of aliphatic carboxylic acids is 1. The van der Waals surface area contributed by atoms with Gasteiger partial charge in [-0.2, -0.15) is 0 Å². The van der Waals surface area contributed by atoms with Crippen LogP contribution in [0.4, 0.5) is 5.69 Å². The van der Waals surface area contributed by atoms with Crippen molar-refractivity contribution >= 4 is 23.5 Å².